The van der Waals surface area contributed by atoms with E-state index in [2.05, 4.69) is 5.32 Å². The summed E-state index contributed by atoms with van der Waals surface area (Å²) in [5, 5.41) is 3.87. The zero-order valence-corrected chi connectivity index (χ0v) is 15.1. The number of furan rings is 1. The molecule has 0 aliphatic heterocycles. The van der Waals surface area contributed by atoms with Crippen molar-refractivity contribution in [3.05, 3.63) is 35.1 Å². The Morgan fingerprint density at radius 3 is 2.72 bits per heavy atom. The second kappa shape index (κ2) is 7.30. The molecule has 5 heteroatoms. The lowest BCUT2D eigenvalue weighted by Crippen LogP contribution is -2.41. The molecule has 1 N–H and O–H groups in total. The summed E-state index contributed by atoms with van der Waals surface area (Å²) in [6, 6.07) is 4.19. The number of amides is 1. The van der Waals surface area contributed by atoms with Gasteiger partial charge in [0.2, 0.25) is 0 Å². The van der Waals surface area contributed by atoms with Gasteiger partial charge in [-0.1, -0.05) is 25.0 Å². The zero-order valence-electron chi connectivity index (χ0n) is 15.1. The third kappa shape index (κ3) is 3.86. The smallest absolute Gasteiger partial charge is 0.311 e. The molecule has 1 amide bonds. The van der Waals surface area contributed by atoms with Gasteiger partial charge in [0.05, 0.1) is 12.7 Å². The van der Waals surface area contributed by atoms with Crippen LogP contribution in [0.3, 0.4) is 0 Å². The fourth-order valence-electron chi connectivity index (χ4n) is 3.36. The molecule has 2 aromatic rings. The highest BCUT2D eigenvalue weighted by Gasteiger charge is 2.23. The van der Waals surface area contributed by atoms with Gasteiger partial charge in [0.15, 0.2) is 6.10 Å². The SMILES string of the molecule is Cc1ccc2c(CC(=O)O[C@@H](C)C(=O)NC3CCCC3)coc2c1C. The number of esters is 1. The van der Waals surface area contributed by atoms with Crippen LogP contribution in [-0.2, 0) is 20.7 Å². The average Bonchev–Trinajstić information content (AvgIpc) is 3.21. The van der Waals surface area contributed by atoms with Crippen molar-refractivity contribution >= 4 is 22.8 Å². The van der Waals surface area contributed by atoms with Gasteiger partial charge in [-0.2, -0.15) is 0 Å². The second-order valence-electron chi connectivity index (χ2n) is 6.94. The summed E-state index contributed by atoms with van der Waals surface area (Å²) in [6.07, 6.45) is 5.21. The molecule has 1 aliphatic carbocycles. The van der Waals surface area contributed by atoms with Crippen molar-refractivity contribution in [1.82, 2.24) is 5.32 Å². The second-order valence-corrected chi connectivity index (χ2v) is 6.94. The molecule has 1 fully saturated rings. The lowest BCUT2D eigenvalue weighted by molar-refractivity contribution is -0.154. The largest absolute Gasteiger partial charge is 0.464 e. The molecule has 5 nitrogen and oxygen atoms in total. The topological polar surface area (TPSA) is 68.5 Å². The van der Waals surface area contributed by atoms with E-state index in [0.29, 0.717) is 0 Å². The summed E-state index contributed by atoms with van der Waals surface area (Å²) < 4.78 is 10.9. The summed E-state index contributed by atoms with van der Waals surface area (Å²) in [5.74, 6) is -0.640. The lowest BCUT2D eigenvalue weighted by Gasteiger charge is -2.17. The highest BCUT2D eigenvalue weighted by molar-refractivity contribution is 5.89. The van der Waals surface area contributed by atoms with E-state index < -0.39 is 12.1 Å². The first-order chi connectivity index (χ1) is 12.0. The highest BCUT2D eigenvalue weighted by Crippen LogP contribution is 2.27. The van der Waals surface area contributed by atoms with E-state index in [1.54, 1.807) is 13.2 Å². The molecule has 0 unspecified atom stereocenters. The molecule has 1 aromatic carbocycles. The van der Waals surface area contributed by atoms with Crippen LogP contribution in [-0.4, -0.2) is 24.0 Å². The van der Waals surface area contributed by atoms with Crippen molar-refractivity contribution < 1.29 is 18.7 Å². The van der Waals surface area contributed by atoms with Crippen molar-refractivity contribution in [2.24, 2.45) is 0 Å². The van der Waals surface area contributed by atoms with E-state index in [0.717, 1.165) is 53.3 Å². The number of aryl methyl sites for hydroxylation is 2. The van der Waals surface area contributed by atoms with E-state index in [-0.39, 0.29) is 18.4 Å². The molecule has 25 heavy (non-hydrogen) atoms. The minimum absolute atomic E-state index is 0.0938. The van der Waals surface area contributed by atoms with Gasteiger partial charge in [0.25, 0.3) is 5.91 Å². The predicted molar refractivity (Wildman–Crippen MR) is 95.3 cm³/mol. The van der Waals surface area contributed by atoms with Crippen LogP contribution in [0.4, 0.5) is 0 Å². The molecule has 1 aromatic heterocycles. The van der Waals surface area contributed by atoms with E-state index in [1.165, 1.54) is 0 Å². The van der Waals surface area contributed by atoms with Crippen LogP contribution in [0.1, 0.15) is 49.3 Å². The molecule has 1 aliphatic rings. The average molecular weight is 343 g/mol. The molecule has 0 spiro atoms. The van der Waals surface area contributed by atoms with Crippen molar-refractivity contribution in [2.45, 2.75) is 65.0 Å². The summed E-state index contributed by atoms with van der Waals surface area (Å²) in [7, 11) is 0. The predicted octanol–water partition coefficient (Wildman–Crippen LogP) is 3.58. The quantitative estimate of drug-likeness (QED) is 0.843. The van der Waals surface area contributed by atoms with Crippen molar-refractivity contribution in [3.63, 3.8) is 0 Å². The van der Waals surface area contributed by atoms with Gasteiger partial charge in [0, 0.05) is 17.0 Å². The van der Waals surface area contributed by atoms with Gasteiger partial charge in [0.1, 0.15) is 5.58 Å². The monoisotopic (exact) mass is 343 g/mol. The Labute approximate surface area is 147 Å². The van der Waals surface area contributed by atoms with Crippen LogP contribution in [0.25, 0.3) is 11.0 Å². The number of carbonyl (C=O) groups is 2. The van der Waals surface area contributed by atoms with E-state index in [9.17, 15) is 9.59 Å². The van der Waals surface area contributed by atoms with Gasteiger partial charge in [-0.3, -0.25) is 9.59 Å². The molecule has 1 saturated carbocycles. The van der Waals surface area contributed by atoms with Gasteiger partial charge >= 0.3 is 5.97 Å². The Bertz CT molecular complexity index is 786. The first kappa shape index (κ1) is 17.5. The van der Waals surface area contributed by atoms with Gasteiger partial charge in [-0.15, -0.1) is 0 Å². The summed E-state index contributed by atoms with van der Waals surface area (Å²) in [5.41, 5.74) is 3.80. The van der Waals surface area contributed by atoms with E-state index in [1.807, 2.05) is 26.0 Å². The molecule has 3 rings (SSSR count). The van der Waals surface area contributed by atoms with Crippen LogP contribution in [0.5, 0.6) is 0 Å². The number of fused-ring (bicyclic) bond motifs is 1. The lowest BCUT2D eigenvalue weighted by atomic mass is 10.0. The molecule has 134 valence electrons. The molecular weight excluding hydrogens is 318 g/mol. The molecule has 1 heterocycles. The third-order valence-electron chi connectivity index (χ3n) is 5.06. The van der Waals surface area contributed by atoms with Crippen LogP contribution in [0.15, 0.2) is 22.8 Å². The van der Waals surface area contributed by atoms with Crippen LogP contribution in [0.2, 0.25) is 0 Å². The number of rotatable bonds is 5. The summed E-state index contributed by atoms with van der Waals surface area (Å²) in [6.45, 7) is 5.64. The fourth-order valence-corrected chi connectivity index (χ4v) is 3.36. The first-order valence-electron chi connectivity index (χ1n) is 8.92. The number of hydrogen-bond donors (Lipinski definition) is 1. The molecule has 0 saturated heterocycles. The van der Waals surface area contributed by atoms with Crippen LogP contribution < -0.4 is 5.32 Å². The standard InChI is InChI=1S/C20H25NO4/c1-12-8-9-17-15(11-24-19(17)13(12)2)10-18(22)25-14(3)20(23)21-16-6-4-5-7-16/h8-9,11,14,16H,4-7,10H2,1-3H3,(H,21,23)/t14-/m0/s1. The van der Waals surface area contributed by atoms with Crippen LogP contribution >= 0.6 is 0 Å². The molecule has 1 atom stereocenters. The highest BCUT2D eigenvalue weighted by atomic mass is 16.5. The van der Waals surface area contributed by atoms with Crippen molar-refractivity contribution in [3.8, 4) is 0 Å². The Morgan fingerprint density at radius 1 is 1.28 bits per heavy atom. The van der Waals surface area contributed by atoms with Crippen LogP contribution in [0, 0.1) is 13.8 Å². The minimum atomic E-state index is -0.782. The normalized spacial score (nSPS) is 16.1. The maximum absolute atomic E-state index is 12.2. The van der Waals surface area contributed by atoms with Gasteiger partial charge < -0.3 is 14.5 Å². The number of nitrogens with one attached hydrogen (secondary N) is 1. The van der Waals surface area contributed by atoms with E-state index >= 15 is 0 Å². The Morgan fingerprint density at radius 2 is 2.00 bits per heavy atom. The van der Waals surface area contributed by atoms with Gasteiger partial charge in [-0.25, -0.2) is 0 Å². The molecule has 0 bridgehead atoms. The van der Waals surface area contributed by atoms with E-state index in [4.69, 9.17) is 9.15 Å². The number of carbonyl (C=O) groups excluding carboxylic acids is 2. The number of hydrogen-bond acceptors (Lipinski definition) is 4. The van der Waals surface area contributed by atoms with Crippen molar-refractivity contribution in [1.29, 1.82) is 0 Å². The van der Waals surface area contributed by atoms with Crippen molar-refractivity contribution in [2.75, 3.05) is 0 Å². The maximum Gasteiger partial charge on any atom is 0.311 e. The third-order valence-corrected chi connectivity index (χ3v) is 5.06. The Hall–Kier alpha value is -2.30. The Kier molecular flexibility index (Phi) is 5.11. The number of benzene rings is 1. The number of ether oxygens (including phenoxy) is 1. The Balaban J connectivity index is 1.60. The summed E-state index contributed by atoms with van der Waals surface area (Å²) in [4.78, 5) is 24.3. The first-order valence-corrected chi connectivity index (χ1v) is 8.92. The zero-order chi connectivity index (χ0) is 18.0. The summed E-state index contributed by atoms with van der Waals surface area (Å²) >= 11 is 0. The molecular formula is C20H25NO4. The molecule has 0 radical (unpaired) electrons. The minimum Gasteiger partial charge on any atom is -0.464 e. The maximum atomic E-state index is 12.2. The fraction of sp³-hybridized carbons (Fsp3) is 0.500. The van der Waals surface area contributed by atoms with Gasteiger partial charge in [-0.05, 0) is 44.7 Å².